The smallest absolute Gasteiger partial charge is 0.204 e. The van der Waals surface area contributed by atoms with Crippen molar-refractivity contribution in [2.45, 2.75) is 5.92 Å². The van der Waals surface area contributed by atoms with Crippen molar-refractivity contribution < 1.29 is 17.6 Å². The maximum Gasteiger partial charge on any atom is 0.310 e. The molecule has 0 saturated heterocycles. The number of rotatable bonds is 2. The molecule has 0 bridgehead atoms. The number of halogens is 4. The van der Waals surface area contributed by atoms with Gasteiger partial charge in [-0.25, -0.2) is 8.78 Å². The summed E-state index contributed by atoms with van der Waals surface area (Å²) in [5, 5.41) is 1.80. The average molecular weight is 302 g/mol. The van der Waals surface area contributed by atoms with Gasteiger partial charge in [-0.1, -0.05) is 6.07 Å². The van der Waals surface area contributed by atoms with Crippen LogP contribution in [0.1, 0.15) is 10.4 Å². The Bertz CT molecular complexity index is 714. The Hall–Kier alpha value is -1.40. The van der Waals surface area contributed by atoms with Crippen molar-refractivity contribution in [3.05, 3.63) is 57.8 Å². The number of fused-ring (bicyclic) bond motifs is 1. The summed E-state index contributed by atoms with van der Waals surface area (Å²) in [6.45, 7) is 0. The molecule has 0 radical (unpaired) electrons. The van der Waals surface area contributed by atoms with Crippen LogP contribution in [0.2, 0.25) is 0 Å². The van der Waals surface area contributed by atoms with E-state index in [1.807, 2.05) is 0 Å². The summed E-state index contributed by atoms with van der Waals surface area (Å²) >= 11 is 2.23. The highest BCUT2D eigenvalue weighted by atomic mass is 32.1. The highest BCUT2D eigenvalue weighted by molar-refractivity contribution is 7.27. The fraction of sp³-hybridized carbons (Fsp3) is 0.0769. The molecule has 1 aromatic carbocycles. The molecule has 6 heteroatoms. The van der Waals surface area contributed by atoms with E-state index in [4.69, 9.17) is 0 Å². The summed E-state index contributed by atoms with van der Waals surface area (Å²) in [7, 11) is 0. The van der Waals surface area contributed by atoms with E-state index < -0.39 is 23.1 Å². The number of alkyl halides is 2. The van der Waals surface area contributed by atoms with E-state index >= 15 is 0 Å². The SMILES string of the molecule is Fc1cccc(C(F)(F)c2cc3sccc3s2)c1F. The fourth-order valence-electron chi connectivity index (χ4n) is 1.80. The zero-order valence-electron chi connectivity index (χ0n) is 9.29. The van der Waals surface area contributed by atoms with E-state index in [1.54, 1.807) is 11.4 Å². The predicted molar refractivity (Wildman–Crippen MR) is 69.1 cm³/mol. The van der Waals surface area contributed by atoms with Crippen LogP contribution in [0.5, 0.6) is 0 Å². The van der Waals surface area contributed by atoms with Crippen LogP contribution in [-0.4, -0.2) is 0 Å². The van der Waals surface area contributed by atoms with Crippen LogP contribution in [0.4, 0.5) is 17.6 Å². The maximum atomic E-state index is 14.3. The van der Waals surface area contributed by atoms with Gasteiger partial charge in [-0.3, -0.25) is 0 Å². The van der Waals surface area contributed by atoms with Crippen molar-refractivity contribution in [1.82, 2.24) is 0 Å². The molecule has 0 N–H and O–H groups in total. The van der Waals surface area contributed by atoms with E-state index in [2.05, 4.69) is 0 Å². The van der Waals surface area contributed by atoms with Crippen LogP contribution in [-0.2, 0) is 5.92 Å². The quantitative estimate of drug-likeness (QED) is 0.557. The molecule has 0 aliphatic heterocycles. The first kappa shape index (κ1) is 12.6. The molecule has 0 atom stereocenters. The van der Waals surface area contributed by atoms with E-state index in [0.29, 0.717) is 0 Å². The molecular formula is C13H6F4S2. The third-order valence-corrected chi connectivity index (χ3v) is 4.90. The van der Waals surface area contributed by atoms with Crippen molar-refractivity contribution in [2.75, 3.05) is 0 Å². The molecule has 2 heterocycles. The van der Waals surface area contributed by atoms with Crippen molar-refractivity contribution in [2.24, 2.45) is 0 Å². The molecule has 0 aliphatic carbocycles. The van der Waals surface area contributed by atoms with E-state index in [-0.39, 0.29) is 4.88 Å². The van der Waals surface area contributed by atoms with Crippen LogP contribution in [0, 0.1) is 11.6 Å². The molecule has 3 rings (SSSR count). The highest BCUT2D eigenvalue weighted by Crippen LogP contribution is 2.43. The molecule has 0 amide bonds. The van der Waals surface area contributed by atoms with Gasteiger partial charge in [0, 0.05) is 9.40 Å². The summed E-state index contributed by atoms with van der Waals surface area (Å²) in [5.41, 5.74) is -0.929. The van der Waals surface area contributed by atoms with Gasteiger partial charge >= 0.3 is 5.92 Å². The first-order valence-corrected chi connectivity index (χ1v) is 6.99. The Balaban J connectivity index is 2.16. The van der Waals surface area contributed by atoms with E-state index in [9.17, 15) is 17.6 Å². The molecule has 0 saturated carbocycles. The second-order valence-corrected chi connectivity index (χ2v) is 5.97. The molecule has 0 spiro atoms. The highest BCUT2D eigenvalue weighted by Gasteiger charge is 2.39. The zero-order chi connectivity index (χ0) is 13.6. The lowest BCUT2D eigenvalue weighted by Gasteiger charge is -2.15. The van der Waals surface area contributed by atoms with Crippen LogP contribution >= 0.6 is 22.7 Å². The molecule has 0 unspecified atom stereocenters. The first-order chi connectivity index (χ1) is 9.00. The van der Waals surface area contributed by atoms with Gasteiger partial charge < -0.3 is 0 Å². The Morgan fingerprint density at radius 1 is 1.00 bits per heavy atom. The van der Waals surface area contributed by atoms with Crippen LogP contribution in [0.25, 0.3) is 9.40 Å². The number of hydrogen-bond acceptors (Lipinski definition) is 2. The molecule has 98 valence electrons. The molecular weight excluding hydrogens is 296 g/mol. The van der Waals surface area contributed by atoms with Crippen molar-refractivity contribution >= 4 is 32.1 Å². The zero-order valence-corrected chi connectivity index (χ0v) is 10.9. The van der Waals surface area contributed by atoms with Gasteiger partial charge in [0.2, 0.25) is 0 Å². The minimum atomic E-state index is -3.53. The number of thiophene rings is 2. The summed E-state index contributed by atoms with van der Waals surface area (Å²) in [5.74, 6) is -6.30. The lowest BCUT2D eigenvalue weighted by Crippen LogP contribution is -2.16. The monoisotopic (exact) mass is 302 g/mol. The van der Waals surface area contributed by atoms with Gasteiger partial charge in [0.05, 0.1) is 10.4 Å². The second kappa shape index (κ2) is 4.31. The third kappa shape index (κ3) is 1.95. The minimum Gasteiger partial charge on any atom is -0.204 e. The third-order valence-electron chi connectivity index (χ3n) is 2.74. The van der Waals surface area contributed by atoms with Gasteiger partial charge in [-0.2, -0.15) is 8.78 Å². The Morgan fingerprint density at radius 3 is 2.53 bits per heavy atom. The lowest BCUT2D eigenvalue weighted by atomic mass is 10.1. The van der Waals surface area contributed by atoms with Crippen molar-refractivity contribution in [1.29, 1.82) is 0 Å². The Morgan fingerprint density at radius 2 is 1.79 bits per heavy atom. The lowest BCUT2D eigenvalue weighted by molar-refractivity contribution is 0.0422. The first-order valence-electron chi connectivity index (χ1n) is 5.30. The van der Waals surface area contributed by atoms with E-state index in [1.165, 1.54) is 17.4 Å². The topological polar surface area (TPSA) is 0 Å². The van der Waals surface area contributed by atoms with Gasteiger partial charge in [0.15, 0.2) is 11.6 Å². The Labute approximate surface area is 113 Å². The average Bonchev–Trinajstić information content (AvgIpc) is 2.92. The van der Waals surface area contributed by atoms with Crippen molar-refractivity contribution in [3.8, 4) is 0 Å². The molecule has 0 fully saturated rings. The van der Waals surface area contributed by atoms with Crippen molar-refractivity contribution in [3.63, 3.8) is 0 Å². The summed E-state index contributed by atoms with van der Waals surface area (Å²) in [6, 6.07) is 5.87. The second-order valence-electron chi connectivity index (χ2n) is 3.94. The van der Waals surface area contributed by atoms with Gasteiger partial charge in [-0.05, 0) is 29.6 Å². The largest absolute Gasteiger partial charge is 0.310 e. The van der Waals surface area contributed by atoms with Crippen LogP contribution in [0.3, 0.4) is 0 Å². The van der Waals surface area contributed by atoms with E-state index in [0.717, 1.165) is 38.9 Å². The molecule has 2 aromatic heterocycles. The van der Waals surface area contributed by atoms with Gasteiger partial charge in [0.25, 0.3) is 0 Å². The summed E-state index contributed by atoms with van der Waals surface area (Å²) < 4.78 is 56.5. The van der Waals surface area contributed by atoms with Gasteiger partial charge in [-0.15, -0.1) is 22.7 Å². The minimum absolute atomic E-state index is 0.279. The summed E-state index contributed by atoms with van der Waals surface area (Å²) in [4.78, 5) is -0.279. The van der Waals surface area contributed by atoms with Crippen LogP contribution in [0.15, 0.2) is 35.7 Å². The van der Waals surface area contributed by atoms with Gasteiger partial charge in [0.1, 0.15) is 0 Å². The fourth-order valence-corrected chi connectivity index (χ4v) is 3.90. The maximum absolute atomic E-state index is 14.3. The van der Waals surface area contributed by atoms with Crippen LogP contribution < -0.4 is 0 Å². The molecule has 19 heavy (non-hydrogen) atoms. The number of hydrogen-bond donors (Lipinski definition) is 0. The predicted octanol–water partition coefficient (Wildman–Crippen LogP) is 5.38. The molecule has 3 aromatic rings. The Kier molecular flexibility index (Phi) is 2.87. The molecule has 0 aliphatic rings. The normalized spacial score (nSPS) is 12.2. The number of benzene rings is 1. The standard InChI is InChI=1S/C13H6F4S2/c14-8-3-1-2-7(12(8)15)13(16,17)11-6-10-9(19-11)4-5-18-10/h1-6H. The summed E-state index contributed by atoms with van der Waals surface area (Å²) in [6.07, 6.45) is 0. The molecule has 0 nitrogen and oxygen atoms in total.